The molecule has 2 fully saturated rings. The Morgan fingerprint density at radius 3 is 2.47 bits per heavy atom. The van der Waals surface area contributed by atoms with E-state index in [1.54, 1.807) is 23.1 Å². The number of amides is 3. The van der Waals surface area contributed by atoms with Gasteiger partial charge in [-0.2, -0.15) is 13.2 Å². The smallest absolute Gasteiger partial charge is 0.356 e. The van der Waals surface area contributed by atoms with Gasteiger partial charge in [0.25, 0.3) is 5.91 Å². The number of carbonyl (C=O) groups is 3. The molecule has 1 aliphatic carbocycles. The Morgan fingerprint density at radius 1 is 1.05 bits per heavy atom. The molecular weight excluding hydrogens is 523 g/mol. The van der Waals surface area contributed by atoms with Crippen LogP contribution >= 0.6 is 0 Å². The van der Waals surface area contributed by atoms with Gasteiger partial charge in [0.1, 0.15) is 6.04 Å². The third-order valence-corrected chi connectivity index (χ3v) is 9.04. The fraction of sp³-hybridized carbons (Fsp3) is 0.423. The van der Waals surface area contributed by atoms with Crippen LogP contribution in [0.25, 0.3) is 0 Å². The Hall–Kier alpha value is -3.41. The summed E-state index contributed by atoms with van der Waals surface area (Å²) in [6, 6.07) is 10.4. The van der Waals surface area contributed by atoms with Crippen molar-refractivity contribution in [2.24, 2.45) is 5.92 Å². The highest BCUT2D eigenvalue weighted by atomic mass is 32.2. The van der Waals surface area contributed by atoms with Crippen molar-refractivity contribution in [1.29, 1.82) is 0 Å². The predicted octanol–water partition coefficient (Wildman–Crippen LogP) is 2.79. The molecule has 1 saturated heterocycles. The lowest BCUT2D eigenvalue weighted by Crippen LogP contribution is -2.52. The Bertz CT molecular complexity index is 1290. The molecule has 1 aliphatic heterocycles. The Morgan fingerprint density at radius 2 is 1.79 bits per heavy atom. The lowest BCUT2D eigenvalue weighted by Gasteiger charge is -2.41. The predicted molar refractivity (Wildman–Crippen MR) is 132 cm³/mol. The molecule has 2 aliphatic rings. The molecule has 4 rings (SSSR count). The summed E-state index contributed by atoms with van der Waals surface area (Å²) in [5.74, 6) is -1.88. The highest BCUT2D eigenvalue weighted by Gasteiger charge is 2.43. The highest BCUT2D eigenvalue weighted by molar-refractivity contribution is 7.91. The number of sulfone groups is 1. The lowest BCUT2D eigenvalue weighted by atomic mass is 9.81. The fourth-order valence-electron chi connectivity index (χ4n) is 5.33. The maximum absolute atomic E-state index is 13.3. The van der Waals surface area contributed by atoms with Crippen LogP contribution in [-0.2, 0) is 25.6 Å². The number of benzene rings is 2. The number of likely N-dealkylation sites (tertiary alicyclic amines) is 1. The summed E-state index contributed by atoms with van der Waals surface area (Å²) in [4.78, 5) is 38.7. The van der Waals surface area contributed by atoms with E-state index < -0.39 is 51.4 Å². The van der Waals surface area contributed by atoms with E-state index in [0.29, 0.717) is 25.7 Å². The molecule has 1 heterocycles. The van der Waals surface area contributed by atoms with Crippen LogP contribution in [0.2, 0.25) is 0 Å². The standard InChI is InChI=1S/C26H28F3N3O5S/c27-26(28,29)19-6-4-5-17(13-19)24(34)31-22-11-12-32(25(22)35)23-10-9-20(30-16-33)14-18(23)15-38(36,37)21-7-2-1-3-8-21/h1-8,13,16,18,20,22-23H,9-12,14-15H2,(H,30,33)(H,31,34)/t18-,20-,22?,23+/m1/s1. The van der Waals surface area contributed by atoms with E-state index in [2.05, 4.69) is 10.6 Å². The minimum Gasteiger partial charge on any atom is -0.356 e. The molecule has 4 atom stereocenters. The van der Waals surface area contributed by atoms with Gasteiger partial charge in [0.2, 0.25) is 12.3 Å². The second kappa shape index (κ2) is 11.1. The summed E-state index contributed by atoms with van der Waals surface area (Å²) < 4.78 is 65.4. The molecule has 0 bridgehead atoms. The molecule has 0 spiro atoms. The van der Waals surface area contributed by atoms with E-state index in [4.69, 9.17) is 0 Å². The van der Waals surface area contributed by atoms with Gasteiger partial charge >= 0.3 is 6.18 Å². The van der Waals surface area contributed by atoms with Crippen LogP contribution in [0.5, 0.6) is 0 Å². The van der Waals surface area contributed by atoms with Crippen molar-refractivity contribution >= 4 is 28.1 Å². The first kappa shape index (κ1) is 27.6. The van der Waals surface area contributed by atoms with Gasteiger partial charge in [-0.25, -0.2) is 8.42 Å². The normalized spacial score (nSPS) is 24.2. The molecule has 0 radical (unpaired) electrons. The average molecular weight is 552 g/mol. The first-order valence-corrected chi connectivity index (χ1v) is 13.9. The van der Waals surface area contributed by atoms with Crippen molar-refractivity contribution in [3.63, 3.8) is 0 Å². The summed E-state index contributed by atoms with van der Waals surface area (Å²) in [5.41, 5.74) is -1.17. The lowest BCUT2D eigenvalue weighted by molar-refractivity contribution is -0.137. The minimum atomic E-state index is -4.61. The van der Waals surface area contributed by atoms with Crippen molar-refractivity contribution in [1.82, 2.24) is 15.5 Å². The van der Waals surface area contributed by atoms with Crippen molar-refractivity contribution in [2.75, 3.05) is 12.3 Å². The Kier molecular flexibility index (Phi) is 8.10. The Balaban J connectivity index is 1.49. The molecule has 204 valence electrons. The van der Waals surface area contributed by atoms with E-state index in [1.165, 1.54) is 18.2 Å². The van der Waals surface area contributed by atoms with Gasteiger partial charge < -0.3 is 15.5 Å². The van der Waals surface area contributed by atoms with Gasteiger partial charge in [-0.15, -0.1) is 0 Å². The SMILES string of the molecule is O=CN[C@@H]1CC[C@H](N2CCC(NC(=O)c3cccc(C(F)(F)F)c3)C2=O)[C@@H](CS(=O)(=O)c2ccccc2)C1. The quantitative estimate of drug-likeness (QED) is 0.490. The van der Waals surface area contributed by atoms with Gasteiger partial charge in [-0.3, -0.25) is 14.4 Å². The number of hydrogen-bond donors (Lipinski definition) is 2. The zero-order valence-electron chi connectivity index (χ0n) is 20.4. The second-order valence-corrected chi connectivity index (χ2v) is 11.7. The van der Waals surface area contributed by atoms with E-state index in [-0.39, 0.29) is 35.2 Å². The van der Waals surface area contributed by atoms with Crippen molar-refractivity contribution in [3.8, 4) is 0 Å². The van der Waals surface area contributed by atoms with Crippen LogP contribution in [0, 0.1) is 5.92 Å². The molecule has 38 heavy (non-hydrogen) atoms. The molecular formula is C26H28F3N3O5S. The molecule has 2 N–H and O–H groups in total. The number of rotatable bonds is 8. The maximum Gasteiger partial charge on any atom is 0.416 e. The van der Waals surface area contributed by atoms with Gasteiger partial charge in [-0.05, 0) is 61.9 Å². The largest absolute Gasteiger partial charge is 0.416 e. The summed E-state index contributed by atoms with van der Waals surface area (Å²) in [7, 11) is -3.68. The molecule has 0 aromatic heterocycles. The highest BCUT2D eigenvalue weighted by Crippen LogP contribution is 2.34. The fourth-order valence-corrected chi connectivity index (χ4v) is 7.02. The summed E-state index contributed by atoms with van der Waals surface area (Å²) in [6.07, 6.45) is -2.41. The zero-order chi connectivity index (χ0) is 27.5. The maximum atomic E-state index is 13.3. The van der Waals surface area contributed by atoms with Gasteiger partial charge in [0.05, 0.1) is 16.2 Å². The van der Waals surface area contributed by atoms with Gasteiger partial charge in [0.15, 0.2) is 9.84 Å². The van der Waals surface area contributed by atoms with Gasteiger partial charge in [0, 0.05) is 24.2 Å². The first-order valence-electron chi connectivity index (χ1n) is 12.3. The molecule has 1 unspecified atom stereocenters. The summed E-state index contributed by atoms with van der Waals surface area (Å²) >= 11 is 0. The topological polar surface area (TPSA) is 113 Å². The monoisotopic (exact) mass is 551 g/mol. The van der Waals surface area contributed by atoms with E-state index >= 15 is 0 Å². The van der Waals surface area contributed by atoms with Gasteiger partial charge in [-0.1, -0.05) is 24.3 Å². The van der Waals surface area contributed by atoms with E-state index in [9.17, 15) is 36.0 Å². The first-order chi connectivity index (χ1) is 18.0. The minimum absolute atomic E-state index is 0.170. The number of halogens is 3. The molecule has 3 amide bonds. The second-order valence-electron chi connectivity index (χ2n) is 9.64. The average Bonchev–Trinajstić information content (AvgIpc) is 3.24. The van der Waals surface area contributed by atoms with Crippen LogP contribution in [0.15, 0.2) is 59.5 Å². The molecule has 2 aromatic rings. The number of hydrogen-bond acceptors (Lipinski definition) is 5. The third kappa shape index (κ3) is 6.17. The van der Waals surface area contributed by atoms with Crippen molar-refractivity contribution in [2.45, 2.75) is 54.9 Å². The number of nitrogens with one attached hydrogen (secondary N) is 2. The van der Waals surface area contributed by atoms with E-state index in [1.807, 2.05) is 0 Å². The third-order valence-electron chi connectivity index (χ3n) is 7.18. The van der Waals surface area contributed by atoms with Crippen LogP contribution in [0.1, 0.15) is 41.6 Å². The summed E-state index contributed by atoms with van der Waals surface area (Å²) in [5, 5.41) is 5.25. The van der Waals surface area contributed by atoms with Crippen molar-refractivity contribution in [3.05, 3.63) is 65.7 Å². The molecule has 1 saturated carbocycles. The van der Waals surface area contributed by atoms with E-state index in [0.717, 1.165) is 18.2 Å². The molecule has 12 heteroatoms. The number of alkyl halides is 3. The summed E-state index contributed by atoms with van der Waals surface area (Å²) in [6.45, 7) is 0.269. The molecule has 2 aromatic carbocycles. The Labute approximate surface area is 218 Å². The zero-order valence-corrected chi connectivity index (χ0v) is 21.2. The van der Waals surface area contributed by atoms with Crippen LogP contribution in [0.3, 0.4) is 0 Å². The van der Waals surface area contributed by atoms with Crippen LogP contribution in [0.4, 0.5) is 13.2 Å². The van der Waals surface area contributed by atoms with Crippen LogP contribution in [-0.4, -0.2) is 62.0 Å². The van der Waals surface area contributed by atoms with Crippen molar-refractivity contribution < 1.29 is 36.0 Å². The molecule has 8 nitrogen and oxygen atoms in total. The number of nitrogens with zero attached hydrogens (tertiary/aromatic N) is 1. The number of carbonyl (C=O) groups excluding carboxylic acids is 3. The van der Waals surface area contributed by atoms with Crippen LogP contribution < -0.4 is 10.6 Å².